The van der Waals surface area contributed by atoms with Crippen LogP contribution in [-0.2, 0) is 5.41 Å². The minimum atomic E-state index is 0.0767. The predicted molar refractivity (Wildman–Crippen MR) is 106 cm³/mol. The van der Waals surface area contributed by atoms with Crippen molar-refractivity contribution in [1.29, 1.82) is 5.26 Å². The fourth-order valence-corrected chi connectivity index (χ4v) is 2.65. The van der Waals surface area contributed by atoms with Crippen LogP contribution < -0.4 is 10.1 Å². The van der Waals surface area contributed by atoms with Crippen LogP contribution >= 0.6 is 0 Å². The molecule has 5 nitrogen and oxygen atoms in total. The number of aromatic nitrogens is 1. The van der Waals surface area contributed by atoms with Crippen molar-refractivity contribution >= 4 is 11.6 Å². The van der Waals surface area contributed by atoms with Crippen LogP contribution in [0.25, 0.3) is 11.5 Å². The number of benzene rings is 2. The number of nitriles is 1. The van der Waals surface area contributed by atoms with E-state index in [1.165, 1.54) is 5.56 Å². The van der Waals surface area contributed by atoms with Gasteiger partial charge in [-0.15, -0.1) is 0 Å². The van der Waals surface area contributed by atoms with Crippen molar-refractivity contribution in [1.82, 2.24) is 4.98 Å². The van der Waals surface area contributed by atoms with Crippen LogP contribution in [0.3, 0.4) is 0 Å². The second kappa shape index (κ2) is 7.55. The molecule has 0 saturated carbocycles. The van der Waals surface area contributed by atoms with Crippen molar-refractivity contribution < 1.29 is 9.15 Å². The van der Waals surface area contributed by atoms with Gasteiger partial charge >= 0.3 is 0 Å². The van der Waals surface area contributed by atoms with Gasteiger partial charge in [-0.2, -0.15) is 10.2 Å². The number of anilines is 2. The molecule has 2 aromatic carbocycles. The maximum absolute atomic E-state index is 9.39. The number of hydrogen-bond donors (Lipinski definition) is 1. The van der Waals surface area contributed by atoms with Gasteiger partial charge in [0.2, 0.25) is 17.5 Å². The maximum Gasteiger partial charge on any atom is 0.236 e. The lowest BCUT2D eigenvalue weighted by Gasteiger charge is -2.18. The van der Waals surface area contributed by atoms with E-state index in [0.717, 1.165) is 17.0 Å². The highest BCUT2D eigenvalue weighted by Crippen LogP contribution is 2.30. The zero-order chi connectivity index (χ0) is 19.4. The average Bonchev–Trinajstić information content (AvgIpc) is 3.06. The Morgan fingerprint density at radius 1 is 1.07 bits per heavy atom. The molecule has 0 fully saturated rings. The lowest BCUT2D eigenvalue weighted by molar-refractivity contribution is 0.340. The van der Waals surface area contributed by atoms with E-state index in [4.69, 9.17) is 9.15 Å². The van der Waals surface area contributed by atoms with Crippen molar-refractivity contribution in [3.8, 4) is 23.3 Å². The standard InChI is InChI=1S/C22H23N3O2/c1-5-26-18-12-10-17(11-13-18)24-21-19(14-23)25-20(27-21)15-6-8-16(9-7-15)22(2,3)4/h6-13,24H,5H2,1-4H3. The normalized spacial score (nSPS) is 11.1. The van der Waals surface area contributed by atoms with Gasteiger partial charge in [-0.3, -0.25) is 0 Å². The molecule has 0 saturated heterocycles. The fraction of sp³-hybridized carbons (Fsp3) is 0.273. The maximum atomic E-state index is 9.39. The van der Waals surface area contributed by atoms with Gasteiger partial charge in [-0.25, -0.2) is 0 Å². The van der Waals surface area contributed by atoms with E-state index in [2.05, 4.69) is 49.3 Å². The smallest absolute Gasteiger partial charge is 0.236 e. The molecule has 0 amide bonds. The molecule has 0 aliphatic carbocycles. The number of nitrogens with zero attached hydrogens (tertiary/aromatic N) is 2. The number of nitrogens with one attached hydrogen (secondary N) is 1. The van der Waals surface area contributed by atoms with E-state index in [1.807, 2.05) is 43.3 Å². The second-order valence-corrected chi connectivity index (χ2v) is 7.22. The van der Waals surface area contributed by atoms with Gasteiger partial charge in [0.15, 0.2) is 0 Å². The fourth-order valence-electron chi connectivity index (χ4n) is 2.65. The Kier molecular flexibility index (Phi) is 5.18. The molecule has 0 aliphatic heterocycles. The van der Waals surface area contributed by atoms with Crippen molar-refractivity contribution in [2.24, 2.45) is 0 Å². The number of rotatable bonds is 5. The summed E-state index contributed by atoms with van der Waals surface area (Å²) in [6.45, 7) is 9.06. The summed E-state index contributed by atoms with van der Waals surface area (Å²) in [6, 6.07) is 17.6. The summed E-state index contributed by atoms with van der Waals surface area (Å²) in [7, 11) is 0. The topological polar surface area (TPSA) is 71.1 Å². The van der Waals surface area contributed by atoms with Crippen LogP contribution in [0.4, 0.5) is 11.6 Å². The third-order valence-electron chi connectivity index (χ3n) is 4.15. The Labute approximate surface area is 159 Å². The van der Waals surface area contributed by atoms with Gasteiger partial charge in [-0.05, 0) is 54.3 Å². The van der Waals surface area contributed by atoms with E-state index in [9.17, 15) is 5.26 Å². The monoisotopic (exact) mass is 361 g/mol. The molecule has 0 spiro atoms. The quantitative estimate of drug-likeness (QED) is 0.635. The van der Waals surface area contributed by atoms with Gasteiger partial charge in [0.05, 0.1) is 6.61 Å². The molecule has 138 valence electrons. The molecule has 3 rings (SSSR count). The SMILES string of the molecule is CCOc1ccc(Nc2oc(-c3ccc(C(C)(C)C)cc3)nc2C#N)cc1. The Morgan fingerprint density at radius 3 is 2.30 bits per heavy atom. The molecule has 3 aromatic rings. The number of oxazole rings is 1. The van der Waals surface area contributed by atoms with Gasteiger partial charge in [0.1, 0.15) is 11.8 Å². The van der Waals surface area contributed by atoms with Crippen LogP contribution in [0.2, 0.25) is 0 Å². The van der Waals surface area contributed by atoms with Crippen LogP contribution in [0.5, 0.6) is 5.75 Å². The van der Waals surface area contributed by atoms with E-state index in [1.54, 1.807) is 0 Å². The minimum Gasteiger partial charge on any atom is -0.494 e. The van der Waals surface area contributed by atoms with Crippen molar-refractivity contribution in [2.45, 2.75) is 33.1 Å². The minimum absolute atomic E-state index is 0.0767. The first kappa shape index (κ1) is 18.5. The Balaban J connectivity index is 1.84. The summed E-state index contributed by atoms with van der Waals surface area (Å²) in [4.78, 5) is 4.32. The Hall–Kier alpha value is -3.26. The largest absolute Gasteiger partial charge is 0.494 e. The summed E-state index contributed by atoms with van der Waals surface area (Å²) in [5.41, 5.74) is 3.15. The molecule has 27 heavy (non-hydrogen) atoms. The number of ether oxygens (including phenoxy) is 1. The van der Waals surface area contributed by atoms with Gasteiger partial charge in [-0.1, -0.05) is 32.9 Å². The third-order valence-corrected chi connectivity index (χ3v) is 4.15. The second-order valence-electron chi connectivity index (χ2n) is 7.22. The van der Waals surface area contributed by atoms with Crippen LogP contribution in [0.1, 0.15) is 39.0 Å². The zero-order valence-electron chi connectivity index (χ0n) is 16.0. The molecule has 5 heteroatoms. The zero-order valence-corrected chi connectivity index (χ0v) is 16.0. The van der Waals surface area contributed by atoms with E-state index >= 15 is 0 Å². The highest BCUT2D eigenvalue weighted by Gasteiger charge is 2.17. The number of hydrogen-bond acceptors (Lipinski definition) is 5. The summed E-state index contributed by atoms with van der Waals surface area (Å²) in [5, 5.41) is 12.5. The summed E-state index contributed by atoms with van der Waals surface area (Å²) in [5.74, 6) is 1.54. The molecule has 1 N–H and O–H groups in total. The van der Waals surface area contributed by atoms with Gasteiger partial charge < -0.3 is 14.5 Å². The summed E-state index contributed by atoms with van der Waals surface area (Å²) in [6.07, 6.45) is 0. The predicted octanol–water partition coefficient (Wildman–Crippen LogP) is 5.65. The third kappa shape index (κ3) is 4.29. The first-order valence-corrected chi connectivity index (χ1v) is 8.92. The summed E-state index contributed by atoms with van der Waals surface area (Å²) < 4.78 is 11.3. The molecule has 1 aromatic heterocycles. The average molecular weight is 361 g/mol. The molecule has 1 heterocycles. The van der Waals surface area contributed by atoms with Gasteiger partial charge in [0, 0.05) is 11.3 Å². The molecule has 0 radical (unpaired) electrons. The highest BCUT2D eigenvalue weighted by atomic mass is 16.5. The van der Waals surface area contributed by atoms with Gasteiger partial charge in [0.25, 0.3) is 0 Å². The highest BCUT2D eigenvalue weighted by molar-refractivity contribution is 5.64. The van der Waals surface area contributed by atoms with E-state index in [-0.39, 0.29) is 11.1 Å². The first-order valence-electron chi connectivity index (χ1n) is 8.92. The molecule has 0 unspecified atom stereocenters. The van der Waals surface area contributed by atoms with Crippen molar-refractivity contribution in [3.63, 3.8) is 0 Å². The van der Waals surface area contributed by atoms with Crippen LogP contribution in [0.15, 0.2) is 52.9 Å². The molecular weight excluding hydrogens is 338 g/mol. The van der Waals surface area contributed by atoms with E-state index < -0.39 is 0 Å². The van der Waals surface area contributed by atoms with Crippen LogP contribution in [0, 0.1) is 11.3 Å². The molecular formula is C22H23N3O2. The summed E-state index contributed by atoms with van der Waals surface area (Å²) >= 11 is 0. The molecule has 0 atom stereocenters. The lowest BCUT2D eigenvalue weighted by atomic mass is 9.87. The van der Waals surface area contributed by atoms with Crippen LogP contribution in [-0.4, -0.2) is 11.6 Å². The lowest BCUT2D eigenvalue weighted by Crippen LogP contribution is -2.10. The first-order chi connectivity index (χ1) is 12.9. The van der Waals surface area contributed by atoms with Crippen molar-refractivity contribution in [2.75, 3.05) is 11.9 Å². The molecule has 0 aliphatic rings. The van der Waals surface area contributed by atoms with E-state index in [0.29, 0.717) is 18.4 Å². The Bertz CT molecular complexity index is 943. The molecule has 0 bridgehead atoms. The Morgan fingerprint density at radius 2 is 1.74 bits per heavy atom. The van der Waals surface area contributed by atoms with Crippen molar-refractivity contribution in [3.05, 3.63) is 59.8 Å².